The molecule has 0 aromatic heterocycles. The number of ether oxygens (including phenoxy) is 1. The Kier molecular flexibility index (Phi) is 4.81. The van der Waals surface area contributed by atoms with Crippen LogP contribution in [-0.4, -0.2) is 31.6 Å². The second kappa shape index (κ2) is 7.17. The minimum Gasteiger partial charge on any atom is -0.489 e. The number of nitriles is 1. The first-order chi connectivity index (χ1) is 13.8. The van der Waals surface area contributed by atoms with Gasteiger partial charge in [0.25, 0.3) is 0 Å². The van der Waals surface area contributed by atoms with Crippen LogP contribution >= 0.6 is 0 Å². The summed E-state index contributed by atoms with van der Waals surface area (Å²) in [7, 11) is -3.76. The highest BCUT2D eigenvalue weighted by molar-refractivity contribution is 7.89. The van der Waals surface area contributed by atoms with E-state index < -0.39 is 21.9 Å². The van der Waals surface area contributed by atoms with Gasteiger partial charge >= 0.3 is 5.97 Å². The molecule has 0 radical (unpaired) electrons. The Morgan fingerprint density at radius 3 is 2.62 bits per heavy atom. The lowest BCUT2D eigenvalue weighted by Crippen LogP contribution is -2.37. The number of para-hydroxylation sites is 1. The number of sulfonamides is 1. The van der Waals surface area contributed by atoms with Crippen LogP contribution in [0.4, 0.5) is 0 Å². The van der Waals surface area contributed by atoms with E-state index in [4.69, 9.17) is 10.00 Å². The molecule has 4 atom stereocenters. The molecule has 1 heterocycles. The fraction of sp³-hybridized carbons (Fsp3) is 0.333. The second-order valence-electron chi connectivity index (χ2n) is 7.45. The molecule has 2 aliphatic rings. The molecule has 2 N–H and O–H groups in total. The first-order valence-electron chi connectivity index (χ1n) is 9.36. The van der Waals surface area contributed by atoms with Crippen LogP contribution in [0.3, 0.4) is 0 Å². The van der Waals surface area contributed by atoms with E-state index in [9.17, 15) is 18.3 Å². The predicted molar refractivity (Wildman–Crippen MR) is 104 cm³/mol. The molecule has 1 aliphatic heterocycles. The molecule has 29 heavy (non-hydrogen) atoms. The van der Waals surface area contributed by atoms with Crippen molar-refractivity contribution in [3.05, 3.63) is 59.2 Å². The molecule has 0 bridgehead atoms. The lowest BCUT2D eigenvalue weighted by molar-refractivity contribution is -0.138. The number of benzene rings is 2. The van der Waals surface area contributed by atoms with Crippen molar-refractivity contribution in [3.8, 4) is 11.8 Å². The van der Waals surface area contributed by atoms with Crippen molar-refractivity contribution in [1.29, 1.82) is 5.26 Å². The minimum atomic E-state index is -3.76. The minimum absolute atomic E-state index is 0.104. The van der Waals surface area contributed by atoms with Crippen LogP contribution in [0.1, 0.15) is 48.3 Å². The van der Waals surface area contributed by atoms with Crippen LogP contribution in [0.2, 0.25) is 0 Å². The Hall–Kier alpha value is -2.89. The zero-order valence-electron chi connectivity index (χ0n) is 15.7. The van der Waals surface area contributed by atoms with Crippen molar-refractivity contribution in [1.82, 2.24) is 4.72 Å². The van der Waals surface area contributed by atoms with E-state index in [0.717, 1.165) is 5.56 Å². The molecule has 1 aliphatic carbocycles. The van der Waals surface area contributed by atoms with Gasteiger partial charge in [-0.2, -0.15) is 5.26 Å². The van der Waals surface area contributed by atoms with Crippen LogP contribution in [0.5, 0.6) is 5.75 Å². The van der Waals surface area contributed by atoms with E-state index in [1.807, 2.05) is 12.1 Å². The van der Waals surface area contributed by atoms with Gasteiger partial charge in [-0.25, -0.2) is 13.1 Å². The summed E-state index contributed by atoms with van der Waals surface area (Å²) >= 11 is 0. The molecule has 2 aromatic rings. The average molecular weight is 412 g/mol. The van der Waals surface area contributed by atoms with E-state index >= 15 is 0 Å². The van der Waals surface area contributed by atoms with Crippen LogP contribution in [0.25, 0.3) is 0 Å². The van der Waals surface area contributed by atoms with Gasteiger partial charge in [-0.15, -0.1) is 0 Å². The third kappa shape index (κ3) is 3.37. The summed E-state index contributed by atoms with van der Waals surface area (Å²) in [5.41, 5.74) is 1.85. The average Bonchev–Trinajstić information content (AvgIpc) is 3.27. The number of fused-ring (bicyclic) bond motifs is 3. The Balaban J connectivity index is 1.62. The van der Waals surface area contributed by atoms with Gasteiger partial charge in [0.2, 0.25) is 10.0 Å². The fourth-order valence-corrected chi connectivity index (χ4v) is 5.51. The second-order valence-corrected chi connectivity index (χ2v) is 9.16. The third-order valence-corrected chi connectivity index (χ3v) is 7.24. The van der Waals surface area contributed by atoms with Gasteiger partial charge in [-0.05, 0) is 44.0 Å². The molecule has 0 saturated heterocycles. The number of hydrogen-bond acceptors (Lipinski definition) is 5. The molecule has 7 nitrogen and oxygen atoms in total. The zero-order valence-corrected chi connectivity index (χ0v) is 16.5. The molecule has 2 aromatic carbocycles. The normalized spacial score (nSPS) is 23.5. The summed E-state index contributed by atoms with van der Waals surface area (Å²) in [4.78, 5) is 11.5. The lowest BCUT2D eigenvalue weighted by Gasteiger charge is -2.20. The van der Waals surface area contributed by atoms with E-state index in [-0.39, 0.29) is 23.0 Å². The van der Waals surface area contributed by atoms with E-state index in [1.54, 1.807) is 19.1 Å². The molecular formula is C21H20N2O5S. The highest BCUT2D eigenvalue weighted by Gasteiger charge is 2.47. The van der Waals surface area contributed by atoms with E-state index in [2.05, 4.69) is 4.72 Å². The van der Waals surface area contributed by atoms with Crippen LogP contribution < -0.4 is 9.46 Å². The van der Waals surface area contributed by atoms with Gasteiger partial charge in [0.15, 0.2) is 0 Å². The summed E-state index contributed by atoms with van der Waals surface area (Å²) in [6.07, 6.45) is 1.13. The Morgan fingerprint density at radius 1 is 1.24 bits per heavy atom. The maximum absolute atomic E-state index is 12.8. The Bertz CT molecular complexity index is 1100. The molecule has 150 valence electrons. The standard InChI is InChI=1S/C21H20N2O5S/c1-12(21(24)25)15-3-2-4-16-19-17(9-10-18(19)28-20(15)16)23-29(26,27)14-7-5-13(11-22)6-8-14/h2-8,12,17-19,23H,9-10H2,1H3,(H,24,25). The summed E-state index contributed by atoms with van der Waals surface area (Å²) in [6, 6.07) is 12.8. The number of rotatable bonds is 5. The molecule has 8 heteroatoms. The van der Waals surface area contributed by atoms with Gasteiger partial charge < -0.3 is 9.84 Å². The van der Waals surface area contributed by atoms with Gasteiger partial charge in [-0.1, -0.05) is 18.2 Å². The molecule has 1 fully saturated rings. The lowest BCUT2D eigenvalue weighted by atomic mass is 9.90. The summed E-state index contributed by atoms with van der Waals surface area (Å²) in [5, 5.41) is 18.3. The van der Waals surface area contributed by atoms with Crippen molar-refractivity contribution in [3.63, 3.8) is 0 Å². The molecule has 1 saturated carbocycles. The highest BCUT2D eigenvalue weighted by Crippen LogP contribution is 2.50. The quantitative estimate of drug-likeness (QED) is 0.780. The van der Waals surface area contributed by atoms with Gasteiger partial charge in [-0.3, -0.25) is 4.79 Å². The summed E-state index contributed by atoms with van der Waals surface area (Å²) < 4.78 is 34.5. The van der Waals surface area contributed by atoms with E-state index in [0.29, 0.717) is 29.7 Å². The van der Waals surface area contributed by atoms with Crippen molar-refractivity contribution in [2.24, 2.45) is 0 Å². The van der Waals surface area contributed by atoms with Gasteiger partial charge in [0.1, 0.15) is 11.9 Å². The smallest absolute Gasteiger partial charge is 0.310 e. The number of aliphatic carboxylic acids is 1. The first-order valence-corrected chi connectivity index (χ1v) is 10.8. The molecule has 4 unspecified atom stereocenters. The summed E-state index contributed by atoms with van der Waals surface area (Å²) in [5.74, 6) is -1.24. The van der Waals surface area contributed by atoms with Crippen molar-refractivity contribution in [2.45, 2.75) is 48.6 Å². The van der Waals surface area contributed by atoms with Crippen molar-refractivity contribution >= 4 is 16.0 Å². The number of nitrogens with zero attached hydrogens (tertiary/aromatic N) is 1. The maximum Gasteiger partial charge on any atom is 0.310 e. The fourth-order valence-electron chi connectivity index (χ4n) is 4.22. The third-order valence-electron chi connectivity index (χ3n) is 5.74. The Labute approximate surface area is 169 Å². The van der Waals surface area contributed by atoms with Crippen LogP contribution in [-0.2, 0) is 14.8 Å². The monoisotopic (exact) mass is 412 g/mol. The van der Waals surface area contributed by atoms with Crippen molar-refractivity contribution in [2.75, 3.05) is 0 Å². The van der Waals surface area contributed by atoms with Crippen LogP contribution in [0.15, 0.2) is 47.4 Å². The Morgan fingerprint density at radius 2 is 1.97 bits per heavy atom. The molecule has 0 spiro atoms. The maximum atomic E-state index is 12.8. The number of carboxylic acid groups (broad SMARTS) is 1. The number of carbonyl (C=O) groups is 1. The van der Waals surface area contributed by atoms with Gasteiger partial charge in [0, 0.05) is 23.1 Å². The molecule has 4 rings (SSSR count). The predicted octanol–water partition coefficient (Wildman–Crippen LogP) is 2.73. The van der Waals surface area contributed by atoms with E-state index in [1.165, 1.54) is 24.3 Å². The number of hydrogen-bond donors (Lipinski definition) is 2. The van der Waals surface area contributed by atoms with Crippen molar-refractivity contribution < 1.29 is 23.1 Å². The topological polar surface area (TPSA) is 116 Å². The van der Waals surface area contributed by atoms with Gasteiger partial charge in [0.05, 0.1) is 22.4 Å². The van der Waals surface area contributed by atoms with Crippen LogP contribution in [0, 0.1) is 11.3 Å². The number of carboxylic acids is 1. The largest absolute Gasteiger partial charge is 0.489 e. The highest BCUT2D eigenvalue weighted by atomic mass is 32.2. The summed E-state index contributed by atoms with van der Waals surface area (Å²) in [6.45, 7) is 1.61. The zero-order chi connectivity index (χ0) is 20.8. The SMILES string of the molecule is CC(C(=O)O)c1cccc2c1OC1CCC(NS(=O)(=O)c3ccc(C#N)cc3)C21. The molecule has 0 amide bonds. The first kappa shape index (κ1) is 19.4. The molecular weight excluding hydrogens is 392 g/mol. The number of nitrogens with one attached hydrogen (secondary N) is 1.